The van der Waals surface area contributed by atoms with Crippen molar-refractivity contribution in [3.8, 4) is 0 Å². The van der Waals surface area contributed by atoms with Crippen molar-refractivity contribution in [3.05, 3.63) is 28.8 Å². The van der Waals surface area contributed by atoms with E-state index in [9.17, 15) is 0 Å². The molecule has 0 aromatic heterocycles. The summed E-state index contributed by atoms with van der Waals surface area (Å²) in [7, 11) is 5.74. The summed E-state index contributed by atoms with van der Waals surface area (Å²) >= 11 is 6.32. The van der Waals surface area contributed by atoms with Crippen molar-refractivity contribution in [2.75, 3.05) is 39.3 Å². The molecule has 1 aromatic rings. The van der Waals surface area contributed by atoms with Crippen molar-refractivity contribution in [3.63, 3.8) is 0 Å². The molecule has 0 heterocycles. The zero-order chi connectivity index (χ0) is 13.5. The van der Waals surface area contributed by atoms with E-state index >= 15 is 0 Å². The fraction of sp³-hybridized carbons (Fsp3) is 0.571. The predicted octanol–water partition coefficient (Wildman–Crippen LogP) is 3.09. The number of methoxy groups -OCH3 is 1. The van der Waals surface area contributed by atoms with Gasteiger partial charge in [0.05, 0.1) is 0 Å². The SMILES string of the molecule is CNC(C)c1ccc(N(C)CCCOC)cc1Cl. The molecule has 1 N–H and O–H groups in total. The maximum absolute atomic E-state index is 6.32. The van der Waals surface area contributed by atoms with Gasteiger partial charge in [-0.3, -0.25) is 0 Å². The van der Waals surface area contributed by atoms with Gasteiger partial charge < -0.3 is 15.0 Å². The standard InChI is InChI=1S/C14H23ClN2O/c1-11(16-2)13-7-6-12(10-14(13)15)17(3)8-5-9-18-4/h6-7,10-11,16H,5,8-9H2,1-4H3. The lowest BCUT2D eigenvalue weighted by atomic mass is 10.1. The lowest BCUT2D eigenvalue weighted by Gasteiger charge is -2.21. The van der Waals surface area contributed by atoms with Gasteiger partial charge in [-0.25, -0.2) is 0 Å². The van der Waals surface area contributed by atoms with E-state index in [1.807, 2.05) is 13.1 Å². The number of nitrogens with one attached hydrogen (secondary N) is 1. The van der Waals surface area contributed by atoms with Gasteiger partial charge in [-0.2, -0.15) is 0 Å². The number of hydrogen-bond donors (Lipinski definition) is 1. The molecule has 0 amide bonds. The molecule has 1 aromatic carbocycles. The van der Waals surface area contributed by atoms with Gasteiger partial charge in [-0.1, -0.05) is 17.7 Å². The average molecular weight is 271 g/mol. The normalized spacial score (nSPS) is 12.5. The molecule has 0 fully saturated rings. The highest BCUT2D eigenvalue weighted by atomic mass is 35.5. The van der Waals surface area contributed by atoms with Crippen molar-refractivity contribution in [1.29, 1.82) is 0 Å². The lowest BCUT2D eigenvalue weighted by Crippen LogP contribution is -2.20. The van der Waals surface area contributed by atoms with Gasteiger partial charge in [0.25, 0.3) is 0 Å². The third kappa shape index (κ3) is 4.16. The van der Waals surface area contributed by atoms with Crippen LogP contribution >= 0.6 is 11.6 Å². The molecule has 0 spiro atoms. The highest BCUT2D eigenvalue weighted by molar-refractivity contribution is 6.31. The Labute approximate surface area is 115 Å². The molecule has 0 saturated carbocycles. The first-order chi connectivity index (χ1) is 8.60. The number of benzene rings is 1. The Balaban J connectivity index is 2.71. The summed E-state index contributed by atoms with van der Waals surface area (Å²) in [5.41, 5.74) is 2.27. The summed E-state index contributed by atoms with van der Waals surface area (Å²) in [6.07, 6.45) is 1.01. The van der Waals surface area contributed by atoms with Crippen molar-refractivity contribution in [2.45, 2.75) is 19.4 Å². The zero-order valence-corrected chi connectivity index (χ0v) is 12.4. The second-order valence-electron chi connectivity index (χ2n) is 4.48. The van der Waals surface area contributed by atoms with Gasteiger partial charge in [0.15, 0.2) is 0 Å². The van der Waals surface area contributed by atoms with E-state index in [1.165, 1.54) is 0 Å². The maximum atomic E-state index is 6.32. The highest BCUT2D eigenvalue weighted by Gasteiger charge is 2.09. The minimum Gasteiger partial charge on any atom is -0.385 e. The zero-order valence-electron chi connectivity index (χ0n) is 11.7. The Morgan fingerprint density at radius 3 is 2.72 bits per heavy atom. The molecule has 4 heteroatoms. The van der Waals surface area contributed by atoms with Gasteiger partial charge in [-0.15, -0.1) is 0 Å². The average Bonchev–Trinajstić information content (AvgIpc) is 2.38. The number of nitrogens with zero attached hydrogens (tertiary/aromatic N) is 1. The van der Waals surface area contributed by atoms with Crippen LogP contribution in [0.1, 0.15) is 24.9 Å². The van der Waals surface area contributed by atoms with Crippen molar-refractivity contribution in [1.82, 2.24) is 5.32 Å². The molecule has 1 unspecified atom stereocenters. The highest BCUT2D eigenvalue weighted by Crippen LogP contribution is 2.27. The first-order valence-electron chi connectivity index (χ1n) is 6.27. The van der Waals surface area contributed by atoms with E-state index in [1.54, 1.807) is 7.11 Å². The van der Waals surface area contributed by atoms with Crippen molar-refractivity contribution in [2.24, 2.45) is 0 Å². The number of ether oxygens (including phenoxy) is 1. The van der Waals surface area contributed by atoms with Crippen LogP contribution in [0, 0.1) is 0 Å². The maximum Gasteiger partial charge on any atom is 0.0479 e. The van der Waals surface area contributed by atoms with Crippen molar-refractivity contribution < 1.29 is 4.74 Å². The molecule has 0 aliphatic heterocycles. The van der Waals surface area contributed by atoms with E-state index in [4.69, 9.17) is 16.3 Å². The molecule has 102 valence electrons. The summed E-state index contributed by atoms with van der Waals surface area (Å²) < 4.78 is 5.06. The first-order valence-corrected chi connectivity index (χ1v) is 6.64. The van der Waals surface area contributed by atoms with Crippen LogP contribution in [0.4, 0.5) is 5.69 Å². The molecule has 1 rings (SSSR count). The monoisotopic (exact) mass is 270 g/mol. The molecule has 0 aliphatic carbocycles. The second-order valence-corrected chi connectivity index (χ2v) is 4.89. The summed E-state index contributed by atoms with van der Waals surface area (Å²) in [5, 5.41) is 4.01. The third-order valence-electron chi connectivity index (χ3n) is 3.17. The summed E-state index contributed by atoms with van der Waals surface area (Å²) in [6.45, 7) is 3.85. The van der Waals surface area contributed by atoms with Crippen LogP contribution in [-0.4, -0.2) is 34.4 Å². The smallest absolute Gasteiger partial charge is 0.0479 e. The molecule has 18 heavy (non-hydrogen) atoms. The third-order valence-corrected chi connectivity index (χ3v) is 3.49. The van der Waals surface area contributed by atoms with E-state index in [-0.39, 0.29) is 6.04 Å². The number of hydrogen-bond acceptors (Lipinski definition) is 3. The van der Waals surface area contributed by atoms with E-state index in [0.29, 0.717) is 0 Å². The van der Waals surface area contributed by atoms with Crippen LogP contribution < -0.4 is 10.2 Å². The van der Waals surface area contributed by atoms with Gasteiger partial charge in [-0.05, 0) is 38.1 Å². The topological polar surface area (TPSA) is 24.5 Å². The van der Waals surface area contributed by atoms with E-state index < -0.39 is 0 Å². The van der Waals surface area contributed by atoms with Gasteiger partial charge in [0.1, 0.15) is 0 Å². The van der Waals surface area contributed by atoms with E-state index in [0.717, 1.165) is 35.8 Å². The summed E-state index contributed by atoms with van der Waals surface area (Å²) in [5.74, 6) is 0. The number of anilines is 1. The Morgan fingerprint density at radius 2 is 2.17 bits per heavy atom. The van der Waals surface area contributed by atoms with Crippen LogP contribution in [0.5, 0.6) is 0 Å². The Bertz CT molecular complexity index is 371. The molecule has 0 aliphatic rings. The van der Waals surface area contributed by atoms with Crippen LogP contribution in [0.2, 0.25) is 5.02 Å². The fourth-order valence-electron chi connectivity index (χ4n) is 1.84. The minimum absolute atomic E-state index is 0.269. The molecular weight excluding hydrogens is 248 g/mol. The molecule has 0 bridgehead atoms. The summed E-state index contributed by atoms with van der Waals surface area (Å²) in [6, 6.07) is 6.50. The Kier molecular flexibility index (Phi) is 6.47. The molecular formula is C14H23ClN2O. The largest absolute Gasteiger partial charge is 0.385 e. The molecule has 1 atom stereocenters. The number of rotatable bonds is 7. The Hall–Kier alpha value is -0.770. The van der Waals surface area contributed by atoms with Gasteiger partial charge >= 0.3 is 0 Å². The molecule has 3 nitrogen and oxygen atoms in total. The molecule has 0 radical (unpaired) electrons. The van der Waals surface area contributed by atoms with Crippen LogP contribution in [0.25, 0.3) is 0 Å². The lowest BCUT2D eigenvalue weighted by molar-refractivity contribution is 0.196. The Morgan fingerprint density at radius 1 is 1.44 bits per heavy atom. The predicted molar refractivity (Wildman–Crippen MR) is 78.7 cm³/mol. The minimum atomic E-state index is 0.269. The molecule has 0 saturated heterocycles. The van der Waals surface area contributed by atoms with E-state index in [2.05, 4.69) is 36.3 Å². The number of halogens is 1. The van der Waals surface area contributed by atoms with Crippen molar-refractivity contribution >= 4 is 17.3 Å². The second kappa shape index (κ2) is 7.62. The van der Waals surface area contributed by atoms with Crippen LogP contribution in [-0.2, 0) is 4.74 Å². The first kappa shape index (κ1) is 15.3. The van der Waals surface area contributed by atoms with Crippen LogP contribution in [0.15, 0.2) is 18.2 Å². The quantitative estimate of drug-likeness (QED) is 0.771. The van der Waals surface area contributed by atoms with Crippen LogP contribution in [0.3, 0.4) is 0 Å². The fourth-order valence-corrected chi connectivity index (χ4v) is 2.17. The van der Waals surface area contributed by atoms with Gasteiger partial charge in [0, 0.05) is 44.1 Å². The summed E-state index contributed by atoms with van der Waals surface area (Å²) in [4.78, 5) is 2.19. The van der Waals surface area contributed by atoms with Gasteiger partial charge in [0.2, 0.25) is 0 Å².